The van der Waals surface area contributed by atoms with Crippen molar-refractivity contribution < 1.29 is 4.42 Å². The van der Waals surface area contributed by atoms with E-state index in [1.165, 1.54) is 22.3 Å². The lowest BCUT2D eigenvalue weighted by molar-refractivity contribution is 0.590. The van der Waals surface area contributed by atoms with E-state index in [2.05, 4.69) is 191 Å². The van der Waals surface area contributed by atoms with E-state index in [1.54, 1.807) is 0 Å². The first-order valence-electron chi connectivity index (χ1n) is 16.4. The summed E-state index contributed by atoms with van der Waals surface area (Å²) < 4.78 is 6.47. The van der Waals surface area contributed by atoms with Crippen LogP contribution in [-0.2, 0) is 10.8 Å². The van der Waals surface area contributed by atoms with Crippen LogP contribution in [0.3, 0.4) is 0 Å². The first-order chi connectivity index (χ1) is 22.5. The van der Waals surface area contributed by atoms with Crippen molar-refractivity contribution >= 4 is 50.4 Å². The standard InChI is InChI=1S/C44H42N2O/c1-43(2,3)32-16-20-34(21-17-32)45-35-13-10-14-37(28-35)46(36-22-18-33(19-23-36)44(4,5)6)38-24-25-39-40-27-31(30-11-8-7-9-12-30)15-26-41(40)47-42(39)29-38/h7-29,45H,1-6H3. The predicted molar refractivity (Wildman–Crippen MR) is 201 cm³/mol. The monoisotopic (exact) mass is 614 g/mol. The molecule has 0 amide bonds. The van der Waals surface area contributed by atoms with Crippen molar-refractivity contribution in [2.45, 2.75) is 52.4 Å². The van der Waals surface area contributed by atoms with Crippen molar-refractivity contribution in [3.05, 3.63) is 151 Å². The van der Waals surface area contributed by atoms with Crippen LogP contribution in [0.1, 0.15) is 52.7 Å². The van der Waals surface area contributed by atoms with Crippen LogP contribution in [0.15, 0.2) is 144 Å². The molecule has 1 heterocycles. The molecule has 0 aliphatic carbocycles. The molecule has 0 aliphatic rings. The average molecular weight is 615 g/mol. The fourth-order valence-corrected chi connectivity index (χ4v) is 6.22. The van der Waals surface area contributed by atoms with Gasteiger partial charge in [-0.25, -0.2) is 0 Å². The molecule has 47 heavy (non-hydrogen) atoms. The molecule has 0 bridgehead atoms. The van der Waals surface area contributed by atoms with Crippen LogP contribution in [0.4, 0.5) is 28.4 Å². The second-order valence-corrected chi connectivity index (χ2v) is 14.5. The van der Waals surface area contributed by atoms with Gasteiger partial charge < -0.3 is 14.6 Å². The molecule has 6 aromatic carbocycles. The third-order valence-corrected chi connectivity index (χ3v) is 8.96. The molecule has 0 unspecified atom stereocenters. The van der Waals surface area contributed by atoms with Gasteiger partial charge in [0.05, 0.1) is 0 Å². The van der Waals surface area contributed by atoms with Gasteiger partial charge in [0.15, 0.2) is 0 Å². The minimum atomic E-state index is 0.0710. The Hall–Kier alpha value is -5.28. The lowest BCUT2D eigenvalue weighted by Crippen LogP contribution is -2.13. The molecule has 0 spiro atoms. The summed E-state index contributed by atoms with van der Waals surface area (Å²) in [4.78, 5) is 2.31. The average Bonchev–Trinajstić information content (AvgIpc) is 3.42. The molecule has 0 aliphatic heterocycles. The Balaban J connectivity index is 1.29. The third kappa shape index (κ3) is 6.26. The van der Waals surface area contributed by atoms with Crippen LogP contribution in [0, 0.1) is 0 Å². The molecule has 3 nitrogen and oxygen atoms in total. The SMILES string of the molecule is CC(C)(C)c1ccc(Nc2cccc(N(c3ccc(C(C)(C)C)cc3)c3ccc4c(c3)oc3ccc(-c5ccccc5)cc34)c2)cc1. The summed E-state index contributed by atoms with van der Waals surface area (Å²) in [7, 11) is 0. The van der Waals surface area contributed by atoms with Crippen LogP contribution in [0.2, 0.25) is 0 Å². The minimum Gasteiger partial charge on any atom is -0.456 e. The van der Waals surface area contributed by atoms with Gasteiger partial charge in [0.1, 0.15) is 11.2 Å². The van der Waals surface area contributed by atoms with Gasteiger partial charge in [-0.15, -0.1) is 0 Å². The van der Waals surface area contributed by atoms with Gasteiger partial charge in [-0.3, -0.25) is 0 Å². The van der Waals surface area contributed by atoms with Crippen LogP contribution in [0.25, 0.3) is 33.1 Å². The molecule has 1 N–H and O–H groups in total. The van der Waals surface area contributed by atoms with Gasteiger partial charge >= 0.3 is 0 Å². The van der Waals surface area contributed by atoms with Gasteiger partial charge in [0, 0.05) is 45.3 Å². The number of nitrogens with one attached hydrogen (secondary N) is 1. The van der Waals surface area contributed by atoms with Crippen LogP contribution >= 0.6 is 0 Å². The zero-order valence-electron chi connectivity index (χ0n) is 28.1. The van der Waals surface area contributed by atoms with Gasteiger partial charge in [0.2, 0.25) is 0 Å². The Morgan fingerprint density at radius 2 is 1.09 bits per heavy atom. The zero-order valence-corrected chi connectivity index (χ0v) is 28.1. The number of hydrogen-bond donors (Lipinski definition) is 1. The highest BCUT2D eigenvalue weighted by molar-refractivity contribution is 6.07. The largest absolute Gasteiger partial charge is 0.456 e. The Kier molecular flexibility index (Phi) is 7.64. The summed E-state index contributed by atoms with van der Waals surface area (Å²) in [6.45, 7) is 13.5. The fraction of sp³-hybridized carbons (Fsp3) is 0.182. The highest BCUT2D eigenvalue weighted by atomic mass is 16.3. The van der Waals surface area contributed by atoms with E-state index in [9.17, 15) is 0 Å². The van der Waals surface area contributed by atoms with E-state index in [0.717, 1.165) is 50.4 Å². The van der Waals surface area contributed by atoms with E-state index < -0.39 is 0 Å². The Labute approximate surface area is 278 Å². The Morgan fingerprint density at radius 1 is 0.447 bits per heavy atom. The molecule has 7 aromatic rings. The number of furan rings is 1. The van der Waals surface area contributed by atoms with Crippen molar-refractivity contribution in [3.63, 3.8) is 0 Å². The number of fused-ring (bicyclic) bond motifs is 3. The van der Waals surface area contributed by atoms with Gasteiger partial charge in [-0.05, 0) is 99.8 Å². The second-order valence-electron chi connectivity index (χ2n) is 14.5. The molecule has 0 saturated heterocycles. The van der Waals surface area contributed by atoms with E-state index in [-0.39, 0.29) is 10.8 Å². The number of benzene rings is 6. The molecule has 0 radical (unpaired) electrons. The van der Waals surface area contributed by atoms with E-state index in [0.29, 0.717) is 0 Å². The van der Waals surface area contributed by atoms with E-state index >= 15 is 0 Å². The zero-order chi connectivity index (χ0) is 32.8. The predicted octanol–water partition coefficient (Wildman–Crippen LogP) is 13.1. The summed E-state index contributed by atoms with van der Waals surface area (Å²) in [5, 5.41) is 5.86. The Morgan fingerprint density at radius 3 is 1.77 bits per heavy atom. The molecule has 3 heteroatoms. The highest BCUT2D eigenvalue weighted by Crippen LogP contribution is 2.41. The van der Waals surface area contributed by atoms with E-state index in [1.807, 2.05) is 0 Å². The van der Waals surface area contributed by atoms with Crippen molar-refractivity contribution in [2.75, 3.05) is 10.2 Å². The third-order valence-electron chi connectivity index (χ3n) is 8.96. The number of rotatable bonds is 6. The molecule has 0 atom stereocenters. The summed E-state index contributed by atoms with van der Waals surface area (Å²) in [6.07, 6.45) is 0. The first-order valence-corrected chi connectivity index (χ1v) is 16.4. The van der Waals surface area contributed by atoms with Gasteiger partial charge in [0.25, 0.3) is 0 Å². The van der Waals surface area contributed by atoms with Crippen LogP contribution in [0.5, 0.6) is 0 Å². The van der Waals surface area contributed by atoms with Crippen molar-refractivity contribution in [1.29, 1.82) is 0 Å². The van der Waals surface area contributed by atoms with Crippen LogP contribution in [-0.4, -0.2) is 0 Å². The number of hydrogen-bond acceptors (Lipinski definition) is 3. The minimum absolute atomic E-state index is 0.0710. The normalized spacial score (nSPS) is 12.0. The van der Waals surface area contributed by atoms with Crippen LogP contribution < -0.4 is 10.2 Å². The molecule has 0 fully saturated rings. The summed E-state index contributed by atoms with van der Waals surface area (Å²) >= 11 is 0. The molecule has 7 rings (SSSR count). The topological polar surface area (TPSA) is 28.4 Å². The molecule has 1 aromatic heterocycles. The van der Waals surface area contributed by atoms with Gasteiger partial charge in [-0.2, -0.15) is 0 Å². The lowest BCUT2D eigenvalue weighted by Gasteiger charge is -2.27. The second kappa shape index (κ2) is 11.8. The maximum Gasteiger partial charge on any atom is 0.137 e. The fourth-order valence-electron chi connectivity index (χ4n) is 6.22. The van der Waals surface area contributed by atoms with Gasteiger partial charge in [-0.1, -0.05) is 108 Å². The maximum atomic E-state index is 6.47. The summed E-state index contributed by atoms with van der Waals surface area (Å²) in [6, 6.07) is 49.8. The molecule has 0 saturated carbocycles. The smallest absolute Gasteiger partial charge is 0.137 e. The molecular formula is C44H42N2O. The molecule has 234 valence electrons. The highest BCUT2D eigenvalue weighted by Gasteiger charge is 2.19. The number of nitrogens with zero attached hydrogens (tertiary/aromatic N) is 1. The van der Waals surface area contributed by atoms with Crippen molar-refractivity contribution in [2.24, 2.45) is 0 Å². The van der Waals surface area contributed by atoms with Crippen molar-refractivity contribution in [1.82, 2.24) is 0 Å². The Bertz CT molecular complexity index is 2160. The number of anilines is 5. The van der Waals surface area contributed by atoms with Crippen molar-refractivity contribution in [3.8, 4) is 11.1 Å². The van der Waals surface area contributed by atoms with E-state index in [4.69, 9.17) is 4.42 Å². The summed E-state index contributed by atoms with van der Waals surface area (Å²) in [5.41, 5.74) is 12.2. The lowest BCUT2D eigenvalue weighted by atomic mass is 9.87. The molecular weight excluding hydrogens is 572 g/mol. The first kappa shape index (κ1) is 30.4. The summed E-state index contributed by atoms with van der Waals surface area (Å²) in [5.74, 6) is 0. The quantitative estimate of drug-likeness (QED) is 0.202. The maximum absolute atomic E-state index is 6.47.